The van der Waals surface area contributed by atoms with E-state index < -0.39 is 10.8 Å². The molecule has 1 heterocycles. The molecule has 2 aromatic carbocycles. The van der Waals surface area contributed by atoms with Gasteiger partial charge in [-0.25, -0.2) is 5.43 Å². The van der Waals surface area contributed by atoms with Crippen LogP contribution in [-0.2, 0) is 6.54 Å². The number of nitro groups is 1. The fourth-order valence-corrected chi connectivity index (χ4v) is 2.64. The maximum atomic E-state index is 12.1. The number of aromatic hydroxyl groups is 2. The van der Waals surface area contributed by atoms with Crippen LogP contribution in [0.1, 0.15) is 21.5 Å². The third-order valence-electron chi connectivity index (χ3n) is 4.07. The zero-order valence-corrected chi connectivity index (χ0v) is 15.7. The van der Waals surface area contributed by atoms with E-state index in [2.05, 4.69) is 15.6 Å². The summed E-state index contributed by atoms with van der Waals surface area (Å²) in [5.41, 5.74) is 3.33. The van der Waals surface area contributed by atoms with Gasteiger partial charge in [0.2, 0.25) is 0 Å². The van der Waals surface area contributed by atoms with Gasteiger partial charge in [-0.15, -0.1) is 0 Å². The van der Waals surface area contributed by atoms with E-state index in [4.69, 9.17) is 4.74 Å². The zero-order valence-electron chi connectivity index (χ0n) is 15.7. The lowest BCUT2D eigenvalue weighted by Crippen LogP contribution is -2.17. The number of rotatable bonds is 7. The van der Waals surface area contributed by atoms with Gasteiger partial charge in [-0.05, 0) is 42.0 Å². The quantitative estimate of drug-likeness (QED) is 0.233. The molecule has 0 aliphatic rings. The Kier molecular flexibility index (Phi) is 5.92. The number of benzene rings is 2. The normalized spacial score (nSPS) is 10.8. The van der Waals surface area contributed by atoms with Crippen molar-refractivity contribution >= 4 is 17.8 Å². The standard InChI is InChI=1S/C19H17N5O6/c1-30-18-5-2-12(6-13(18)10-23-11-14(9-21-23)24(28)29)8-20-22-19(27)16-7-15(25)3-4-17(16)26/h2-9,11,25-26H,10H2,1H3,(H,22,27). The summed E-state index contributed by atoms with van der Waals surface area (Å²) < 4.78 is 6.72. The summed E-state index contributed by atoms with van der Waals surface area (Å²) >= 11 is 0. The van der Waals surface area contributed by atoms with Crippen LogP contribution in [-0.4, -0.2) is 44.1 Å². The van der Waals surface area contributed by atoms with E-state index in [1.165, 1.54) is 36.3 Å². The van der Waals surface area contributed by atoms with Crippen molar-refractivity contribution in [3.05, 3.63) is 75.6 Å². The highest BCUT2D eigenvalue weighted by molar-refractivity contribution is 5.97. The minimum absolute atomic E-state index is 0.121. The number of nitrogens with zero attached hydrogens (tertiary/aromatic N) is 4. The number of carbonyl (C=O) groups is 1. The van der Waals surface area contributed by atoms with Gasteiger partial charge < -0.3 is 14.9 Å². The molecule has 0 saturated carbocycles. The summed E-state index contributed by atoms with van der Waals surface area (Å²) in [5.74, 6) is -0.600. The van der Waals surface area contributed by atoms with Crippen molar-refractivity contribution in [1.29, 1.82) is 0 Å². The van der Waals surface area contributed by atoms with Crippen molar-refractivity contribution in [2.75, 3.05) is 7.11 Å². The number of hydrogen-bond donors (Lipinski definition) is 3. The van der Waals surface area contributed by atoms with Crippen LogP contribution in [0.3, 0.4) is 0 Å². The van der Waals surface area contributed by atoms with Gasteiger partial charge in [0.05, 0.1) is 30.4 Å². The first kappa shape index (κ1) is 20.3. The van der Waals surface area contributed by atoms with E-state index >= 15 is 0 Å². The van der Waals surface area contributed by atoms with E-state index in [-0.39, 0.29) is 29.3 Å². The van der Waals surface area contributed by atoms with E-state index in [0.717, 1.165) is 12.3 Å². The van der Waals surface area contributed by atoms with Gasteiger partial charge >= 0.3 is 5.69 Å². The third-order valence-corrected chi connectivity index (χ3v) is 4.07. The predicted octanol–water partition coefficient (Wildman–Crippen LogP) is 2.02. The van der Waals surface area contributed by atoms with Crippen molar-refractivity contribution < 1.29 is 24.7 Å². The van der Waals surface area contributed by atoms with Crippen molar-refractivity contribution in [3.8, 4) is 17.2 Å². The molecule has 0 aliphatic heterocycles. The predicted molar refractivity (Wildman–Crippen MR) is 106 cm³/mol. The number of hydrogen-bond acceptors (Lipinski definition) is 8. The van der Waals surface area contributed by atoms with Crippen LogP contribution >= 0.6 is 0 Å². The monoisotopic (exact) mass is 411 g/mol. The van der Waals surface area contributed by atoms with E-state index in [1.54, 1.807) is 18.2 Å². The van der Waals surface area contributed by atoms with Crippen LogP contribution < -0.4 is 10.2 Å². The lowest BCUT2D eigenvalue weighted by molar-refractivity contribution is -0.385. The molecule has 1 amide bonds. The van der Waals surface area contributed by atoms with E-state index in [0.29, 0.717) is 16.9 Å². The first-order chi connectivity index (χ1) is 14.4. The minimum Gasteiger partial charge on any atom is -0.508 e. The molecule has 3 aromatic rings. The Bertz CT molecular complexity index is 1120. The molecule has 11 heteroatoms. The minimum atomic E-state index is -0.697. The molecule has 0 aliphatic carbocycles. The van der Waals surface area contributed by atoms with Crippen molar-refractivity contribution in [3.63, 3.8) is 0 Å². The summed E-state index contributed by atoms with van der Waals surface area (Å²) in [7, 11) is 1.50. The summed E-state index contributed by atoms with van der Waals surface area (Å²) in [4.78, 5) is 22.4. The average molecular weight is 411 g/mol. The summed E-state index contributed by atoms with van der Waals surface area (Å²) in [5, 5.41) is 37.8. The smallest absolute Gasteiger partial charge is 0.307 e. The first-order valence-electron chi connectivity index (χ1n) is 8.56. The van der Waals surface area contributed by atoms with Gasteiger partial charge in [0.1, 0.15) is 29.6 Å². The van der Waals surface area contributed by atoms with Crippen LogP contribution in [0.2, 0.25) is 0 Å². The Morgan fingerprint density at radius 3 is 2.83 bits per heavy atom. The van der Waals surface area contributed by atoms with Crippen LogP contribution in [0.15, 0.2) is 53.9 Å². The molecule has 3 rings (SSSR count). The first-order valence-corrected chi connectivity index (χ1v) is 8.56. The number of ether oxygens (including phenoxy) is 1. The number of methoxy groups -OCH3 is 1. The largest absolute Gasteiger partial charge is 0.508 e. The fourth-order valence-electron chi connectivity index (χ4n) is 2.64. The molecule has 154 valence electrons. The maximum absolute atomic E-state index is 12.1. The molecule has 0 unspecified atom stereocenters. The maximum Gasteiger partial charge on any atom is 0.307 e. The van der Waals surface area contributed by atoms with Gasteiger partial charge in [0.25, 0.3) is 5.91 Å². The Morgan fingerprint density at radius 1 is 1.33 bits per heavy atom. The van der Waals surface area contributed by atoms with Gasteiger partial charge in [0, 0.05) is 5.56 Å². The molecule has 30 heavy (non-hydrogen) atoms. The number of phenolic OH excluding ortho intramolecular Hbond substituents is 2. The van der Waals surface area contributed by atoms with Crippen molar-refractivity contribution in [2.24, 2.45) is 5.10 Å². The Balaban J connectivity index is 1.74. The number of phenols is 2. The molecule has 3 N–H and O–H groups in total. The highest BCUT2D eigenvalue weighted by Crippen LogP contribution is 2.22. The van der Waals surface area contributed by atoms with Gasteiger partial charge in [-0.2, -0.15) is 10.2 Å². The molecule has 0 spiro atoms. The lowest BCUT2D eigenvalue weighted by atomic mass is 10.1. The second-order valence-corrected chi connectivity index (χ2v) is 6.13. The van der Waals surface area contributed by atoms with Crippen LogP contribution in [0.25, 0.3) is 0 Å². The summed E-state index contributed by atoms with van der Waals surface area (Å²) in [6.07, 6.45) is 3.85. The SMILES string of the molecule is COc1ccc(C=NNC(=O)c2cc(O)ccc2O)cc1Cn1cc([N+](=O)[O-])cn1. The van der Waals surface area contributed by atoms with Crippen molar-refractivity contribution in [1.82, 2.24) is 15.2 Å². The lowest BCUT2D eigenvalue weighted by Gasteiger charge is -2.09. The molecule has 0 bridgehead atoms. The Hall–Kier alpha value is -4.41. The molecule has 0 fully saturated rings. The van der Waals surface area contributed by atoms with E-state index in [9.17, 15) is 25.1 Å². The molecule has 1 aromatic heterocycles. The van der Waals surface area contributed by atoms with Gasteiger partial charge in [-0.3, -0.25) is 19.6 Å². The molecule has 0 atom stereocenters. The third kappa shape index (κ3) is 4.70. The molecular formula is C19H17N5O6. The summed E-state index contributed by atoms with van der Waals surface area (Å²) in [6.45, 7) is 0.224. The fraction of sp³-hybridized carbons (Fsp3) is 0.105. The zero-order chi connectivity index (χ0) is 21.7. The van der Waals surface area contributed by atoms with Gasteiger partial charge in [0.15, 0.2) is 0 Å². The molecule has 0 radical (unpaired) electrons. The van der Waals surface area contributed by atoms with Gasteiger partial charge in [-0.1, -0.05) is 0 Å². The Morgan fingerprint density at radius 2 is 2.13 bits per heavy atom. The van der Waals surface area contributed by atoms with Crippen LogP contribution in [0.4, 0.5) is 5.69 Å². The number of hydrazone groups is 1. The summed E-state index contributed by atoms with van der Waals surface area (Å²) in [6, 6.07) is 8.70. The Labute approximate surface area is 170 Å². The molecule has 0 saturated heterocycles. The molecular weight excluding hydrogens is 394 g/mol. The number of carbonyl (C=O) groups excluding carboxylic acids is 1. The van der Waals surface area contributed by atoms with Crippen molar-refractivity contribution in [2.45, 2.75) is 6.54 Å². The number of amides is 1. The number of nitrogens with one attached hydrogen (secondary N) is 1. The highest BCUT2D eigenvalue weighted by atomic mass is 16.6. The van der Waals surface area contributed by atoms with E-state index in [1.807, 2.05) is 0 Å². The molecule has 11 nitrogen and oxygen atoms in total. The van der Waals surface area contributed by atoms with Crippen LogP contribution in [0.5, 0.6) is 17.2 Å². The van der Waals surface area contributed by atoms with Crippen LogP contribution in [0, 0.1) is 10.1 Å². The average Bonchev–Trinajstić information content (AvgIpc) is 3.19. The second-order valence-electron chi connectivity index (χ2n) is 6.13. The second kappa shape index (κ2) is 8.73. The topological polar surface area (TPSA) is 152 Å². The highest BCUT2D eigenvalue weighted by Gasteiger charge is 2.12. The number of aromatic nitrogens is 2.